The molecule has 0 unspecified atom stereocenters. The van der Waals surface area contributed by atoms with Gasteiger partial charge in [-0.25, -0.2) is 0 Å². The minimum absolute atomic E-state index is 0.209. The van der Waals surface area contributed by atoms with Crippen molar-refractivity contribution in [3.05, 3.63) is 23.8 Å². The van der Waals surface area contributed by atoms with E-state index >= 15 is 0 Å². The molecule has 92 valence electrons. The first-order valence-corrected chi connectivity index (χ1v) is 6.48. The zero-order valence-electron chi connectivity index (χ0n) is 10.1. The minimum Gasteiger partial charge on any atom is -0.490 e. The Bertz CT molecular complexity index is 411. The van der Waals surface area contributed by atoms with Gasteiger partial charge in [0.1, 0.15) is 0 Å². The van der Waals surface area contributed by atoms with Crippen LogP contribution in [0.25, 0.3) is 0 Å². The maximum absolute atomic E-state index is 6.52. The Morgan fingerprint density at radius 3 is 2.59 bits per heavy atom. The fourth-order valence-corrected chi connectivity index (χ4v) is 2.86. The highest BCUT2D eigenvalue weighted by Gasteiger charge is 2.35. The van der Waals surface area contributed by atoms with Crippen LogP contribution in [0.15, 0.2) is 18.2 Å². The van der Waals surface area contributed by atoms with Gasteiger partial charge in [0.15, 0.2) is 11.5 Å². The number of hydrogen-bond donors (Lipinski definition) is 1. The Hall–Kier alpha value is -1.22. The molecule has 0 radical (unpaired) electrons. The number of rotatable bonds is 1. The van der Waals surface area contributed by atoms with Crippen LogP contribution < -0.4 is 15.2 Å². The number of hydrogen-bond acceptors (Lipinski definition) is 3. The monoisotopic (exact) mass is 233 g/mol. The zero-order chi connectivity index (χ0) is 11.7. The quantitative estimate of drug-likeness (QED) is 0.810. The van der Waals surface area contributed by atoms with E-state index in [2.05, 4.69) is 6.07 Å². The molecule has 1 aromatic rings. The van der Waals surface area contributed by atoms with E-state index in [1.54, 1.807) is 0 Å². The molecule has 2 N–H and O–H groups in total. The summed E-state index contributed by atoms with van der Waals surface area (Å²) in [7, 11) is 0. The molecular formula is C14H19NO2. The van der Waals surface area contributed by atoms with Crippen molar-refractivity contribution in [2.45, 2.75) is 37.6 Å². The molecule has 1 aromatic carbocycles. The molecule has 0 saturated heterocycles. The van der Waals surface area contributed by atoms with E-state index in [4.69, 9.17) is 15.2 Å². The summed E-state index contributed by atoms with van der Waals surface area (Å²) in [6.07, 6.45) is 5.45. The zero-order valence-corrected chi connectivity index (χ0v) is 10.1. The maximum atomic E-state index is 6.52. The van der Waals surface area contributed by atoms with Gasteiger partial charge in [-0.2, -0.15) is 0 Å². The van der Waals surface area contributed by atoms with Crippen molar-refractivity contribution in [1.82, 2.24) is 0 Å². The molecule has 0 amide bonds. The number of para-hydroxylation sites is 1. The van der Waals surface area contributed by atoms with E-state index < -0.39 is 0 Å². The lowest BCUT2D eigenvalue weighted by Gasteiger charge is -2.27. The summed E-state index contributed by atoms with van der Waals surface area (Å²) >= 11 is 0. The third-order valence-corrected chi connectivity index (χ3v) is 3.80. The van der Waals surface area contributed by atoms with Crippen molar-refractivity contribution in [3.63, 3.8) is 0 Å². The van der Waals surface area contributed by atoms with Gasteiger partial charge in [0.05, 0.1) is 13.2 Å². The van der Waals surface area contributed by atoms with Crippen LogP contribution in [0.5, 0.6) is 11.5 Å². The summed E-state index contributed by atoms with van der Waals surface area (Å²) in [4.78, 5) is 0. The summed E-state index contributed by atoms with van der Waals surface area (Å²) in [5, 5.41) is 0. The highest BCUT2D eigenvalue weighted by Crippen LogP contribution is 2.44. The van der Waals surface area contributed by atoms with Crippen LogP contribution in [-0.4, -0.2) is 13.2 Å². The lowest BCUT2D eigenvalue weighted by Crippen LogP contribution is -2.33. The average Bonchev–Trinajstić information content (AvgIpc) is 2.65. The SMILES string of the molecule is NC1(c2cccc3c2OCCCO3)CCCC1. The van der Waals surface area contributed by atoms with E-state index in [1.807, 2.05) is 12.1 Å². The first kappa shape index (κ1) is 10.9. The maximum Gasteiger partial charge on any atom is 0.166 e. The summed E-state index contributed by atoms with van der Waals surface area (Å²) in [5.74, 6) is 1.74. The van der Waals surface area contributed by atoms with Crippen molar-refractivity contribution in [1.29, 1.82) is 0 Å². The Labute approximate surface area is 102 Å². The van der Waals surface area contributed by atoms with Crippen LogP contribution in [0.4, 0.5) is 0 Å². The van der Waals surface area contributed by atoms with Gasteiger partial charge in [-0.15, -0.1) is 0 Å². The molecule has 3 nitrogen and oxygen atoms in total. The van der Waals surface area contributed by atoms with Gasteiger partial charge in [0, 0.05) is 17.5 Å². The van der Waals surface area contributed by atoms with Crippen LogP contribution >= 0.6 is 0 Å². The van der Waals surface area contributed by atoms with E-state index in [9.17, 15) is 0 Å². The predicted molar refractivity (Wildman–Crippen MR) is 66.4 cm³/mol. The Morgan fingerprint density at radius 2 is 1.76 bits per heavy atom. The predicted octanol–water partition coefficient (Wildman–Crippen LogP) is 2.58. The van der Waals surface area contributed by atoms with Gasteiger partial charge in [-0.3, -0.25) is 0 Å². The number of benzene rings is 1. The van der Waals surface area contributed by atoms with Crippen molar-refractivity contribution >= 4 is 0 Å². The lowest BCUT2D eigenvalue weighted by atomic mass is 9.88. The first-order chi connectivity index (χ1) is 8.30. The normalized spacial score (nSPS) is 22.2. The van der Waals surface area contributed by atoms with E-state index in [0.717, 1.165) is 49.5 Å². The standard InChI is InChI=1S/C14H19NO2/c15-14(7-1-2-8-14)11-5-3-6-12-13(11)17-10-4-9-16-12/h3,5-6H,1-2,4,7-10,15H2. The Balaban J connectivity index is 2.04. The summed E-state index contributed by atoms with van der Waals surface area (Å²) in [6.45, 7) is 1.45. The molecule has 2 aliphatic rings. The van der Waals surface area contributed by atoms with Gasteiger partial charge >= 0.3 is 0 Å². The van der Waals surface area contributed by atoms with Gasteiger partial charge in [-0.05, 0) is 18.9 Å². The summed E-state index contributed by atoms with van der Waals surface area (Å²) in [5.41, 5.74) is 7.44. The van der Waals surface area contributed by atoms with Crippen LogP contribution in [0.2, 0.25) is 0 Å². The third-order valence-electron chi connectivity index (χ3n) is 3.80. The Kier molecular flexibility index (Phi) is 2.71. The topological polar surface area (TPSA) is 44.5 Å². The molecule has 0 bridgehead atoms. The van der Waals surface area contributed by atoms with Crippen LogP contribution in [0, 0.1) is 0 Å². The summed E-state index contributed by atoms with van der Waals surface area (Å²) in [6, 6.07) is 6.09. The van der Waals surface area contributed by atoms with E-state index in [-0.39, 0.29) is 5.54 Å². The van der Waals surface area contributed by atoms with Crippen LogP contribution in [-0.2, 0) is 5.54 Å². The Morgan fingerprint density at radius 1 is 1.00 bits per heavy atom. The van der Waals surface area contributed by atoms with Gasteiger partial charge < -0.3 is 15.2 Å². The average molecular weight is 233 g/mol. The van der Waals surface area contributed by atoms with Crippen LogP contribution in [0.3, 0.4) is 0 Å². The third kappa shape index (κ3) is 1.89. The molecular weight excluding hydrogens is 214 g/mol. The second-order valence-corrected chi connectivity index (χ2v) is 5.05. The largest absolute Gasteiger partial charge is 0.490 e. The van der Waals surface area contributed by atoms with Crippen LogP contribution in [0.1, 0.15) is 37.7 Å². The van der Waals surface area contributed by atoms with Crippen molar-refractivity contribution in [2.75, 3.05) is 13.2 Å². The number of fused-ring (bicyclic) bond motifs is 1. The molecule has 17 heavy (non-hydrogen) atoms. The molecule has 1 aliphatic heterocycles. The smallest absolute Gasteiger partial charge is 0.166 e. The highest BCUT2D eigenvalue weighted by atomic mass is 16.5. The molecule has 0 aromatic heterocycles. The van der Waals surface area contributed by atoms with Gasteiger partial charge in [-0.1, -0.05) is 25.0 Å². The minimum atomic E-state index is -0.209. The van der Waals surface area contributed by atoms with E-state index in [0.29, 0.717) is 0 Å². The lowest BCUT2D eigenvalue weighted by molar-refractivity contribution is 0.293. The molecule has 3 rings (SSSR count). The fourth-order valence-electron chi connectivity index (χ4n) is 2.86. The van der Waals surface area contributed by atoms with Crippen molar-refractivity contribution in [3.8, 4) is 11.5 Å². The van der Waals surface area contributed by atoms with Crippen molar-refractivity contribution < 1.29 is 9.47 Å². The molecule has 1 heterocycles. The molecule has 0 spiro atoms. The first-order valence-electron chi connectivity index (χ1n) is 6.48. The second-order valence-electron chi connectivity index (χ2n) is 5.05. The van der Waals surface area contributed by atoms with E-state index in [1.165, 1.54) is 12.8 Å². The molecule has 0 atom stereocenters. The van der Waals surface area contributed by atoms with Gasteiger partial charge in [0.25, 0.3) is 0 Å². The fraction of sp³-hybridized carbons (Fsp3) is 0.571. The van der Waals surface area contributed by atoms with Crippen molar-refractivity contribution in [2.24, 2.45) is 5.73 Å². The number of nitrogens with two attached hydrogens (primary N) is 1. The van der Waals surface area contributed by atoms with Gasteiger partial charge in [0.2, 0.25) is 0 Å². The number of ether oxygens (including phenoxy) is 2. The molecule has 3 heteroatoms. The molecule has 1 fully saturated rings. The molecule has 1 aliphatic carbocycles. The molecule has 1 saturated carbocycles. The second kappa shape index (κ2) is 4.22. The highest BCUT2D eigenvalue weighted by molar-refractivity contribution is 5.50. The summed E-state index contributed by atoms with van der Waals surface area (Å²) < 4.78 is 11.6.